The molecular formula is C21H39N5O3. The van der Waals surface area contributed by atoms with Crippen LogP contribution in [0.25, 0.3) is 0 Å². The highest BCUT2D eigenvalue weighted by Crippen LogP contribution is 2.14. The summed E-state index contributed by atoms with van der Waals surface area (Å²) in [6.45, 7) is 10.4. The molecule has 0 spiro atoms. The van der Waals surface area contributed by atoms with Crippen LogP contribution in [-0.2, 0) is 14.3 Å². The molecule has 0 aromatic rings. The molecule has 0 saturated carbocycles. The second kappa shape index (κ2) is 12.3. The molecule has 0 unspecified atom stereocenters. The van der Waals surface area contributed by atoms with Gasteiger partial charge in [-0.25, -0.2) is 0 Å². The van der Waals surface area contributed by atoms with Gasteiger partial charge in [0.2, 0.25) is 5.91 Å². The molecule has 3 fully saturated rings. The van der Waals surface area contributed by atoms with Crippen molar-refractivity contribution in [1.82, 2.24) is 20.0 Å². The van der Waals surface area contributed by atoms with Gasteiger partial charge >= 0.3 is 0 Å². The van der Waals surface area contributed by atoms with Crippen LogP contribution in [0.2, 0.25) is 0 Å². The van der Waals surface area contributed by atoms with Crippen LogP contribution in [0, 0.1) is 5.92 Å². The molecule has 0 bridgehead atoms. The first-order valence-electron chi connectivity index (χ1n) is 11.4. The lowest BCUT2D eigenvalue weighted by molar-refractivity contribution is -0.131. The summed E-state index contributed by atoms with van der Waals surface area (Å²) in [7, 11) is 1.84. The number of nitrogens with one attached hydrogen (secondary N) is 1. The van der Waals surface area contributed by atoms with Crippen LogP contribution in [0.3, 0.4) is 0 Å². The SMILES string of the molecule is CN=C(NCCCOCC1CCOCC1)N1CCN(CC(=O)N2CCCC2)CC1. The standard InChI is InChI=1S/C21H39N5O3/c1-22-21(23-7-4-14-29-18-19-5-15-28-16-6-19)26-12-10-24(11-13-26)17-20(27)25-8-2-3-9-25/h19H,2-18H2,1H3,(H,22,23). The quantitative estimate of drug-likeness (QED) is 0.360. The molecule has 8 heteroatoms. The molecule has 3 saturated heterocycles. The number of guanidine groups is 1. The summed E-state index contributed by atoms with van der Waals surface area (Å²) in [5.74, 6) is 1.91. The lowest BCUT2D eigenvalue weighted by Gasteiger charge is -2.36. The number of piperazine rings is 1. The van der Waals surface area contributed by atoms with Crippen LogP contribution in [0.15, 0.2) is 4.99 Å². The molecule has 1 amide bonds. The van der Waals surface area contributed by atoms with Crippen LogP contribution in [0.1, 0.15) is 32.1 Å². The van der Waals surface area contributed by atoms with Gasteiger partial charge in [-0.15, -0.1) is 0 Å². The summed E-state index contributed by atoms with van der Waals surface area (Å²) in [4.78, 5) is 23.3. The monoisotopic (exact) mass is 409 g/mol. The molecule has 29 heavy (non-hydrogen) atoms. The van der Waals surface area contributed by atoms with Gasteiger partial charge in [0.15, 0.2) is 5.96 Å². The summed E-state index contributed by atoms with van der Waals surface area (Å²) in [6, 6.07) is 0. The normalized spacial score (nSPS) is 22.3. The Labute approximate surface area is 175 Å². The van der Waals surface area contributed by atoms with E-state index in [0.717, 1.165) is 110 Å². The van der Waals surface area contributed by atoms with Crippen LogP contribution in [0.5, 0.6) is 0 Å². The molecular weight excluding hydrogens is 370 g/mol. The van der Waals surface area contributed by atoms with E-state index in [9.17, 15) is 4.79 Å². The molecule has 0 radical (unpaired) electrons. The number of likely N-dealkylation sites (tertiary alicyclic amines) is 1. The Hall–Kier alpha value is -1.38. The van der Waals surface area contributed by atoms with Gasteiger partial charge in [0.25, 0.3) is 0 Å². The Morgan fingerprint density at radius 3 is 2.48 bits per heavy atom. The first-order valence-corrected chi connectivity index (χ1v) is 11.4. The zero-order chi connectivity index (χ0) is 20.3. The lowest BCUT2D eigenvalue weighted by Crippen LogP contribution is -2.54. The first kappa shape index (κ1) is 22.3. The Kier molecular flexibility index (Phi) is 9.50. The minimum absolute atomic E-state index is 0.291. The molecule has 0 atom stereocenters. The Balaban J connectivity index is 1.25. The molecule has 3 rings (SSSR count). The molecule has 3 aliphatic rings. The third-order valence-corrected chi connectivity index (χ3v) is 6.14. The van der Waals surface area contributed by atoms with Crippen LogP contribution in [-0.4, -0.2) is 112 Å². The lowest BCUT2D eigenvalue weighted by atomic mass is 10.0. The minimum atomic E-state index is 0.291. The van der Waals surface area contributed by atoms with Crippen molar-refractivity contribution in [2.45, 2.75) is 32.1 Å². The number of carbonyl (C=O) groups is 1. The predicted octanol–water partition coefficient (Wildman–Crippen LogP) is 0.635. The number of aliphatic imine (C=N–C) groups is 1. The second-order valence-corrected chi connectivity index (χ2v) is 8.31. The van der Waals surface area contributed by atoms with E-state index in [2.05, 4.69) is 20.1 Å². The maximum Gasteiger partial charge on any atom is 0.236 e. The number of nitrogens with zero attached hydrogens (tertiary/aromatic N) is 4. The number of rotatable bonds is 8. The highest BCUT2D eigenvalue weighted by molar-refractivity contribution is 5.80. The van der Waals surface area contributed by atoms with Gasteiger partial charge in [-0.2, -0.15) is 0 Å². The van der Waals surface area contributed by atoms with Gasteiger partial charge in [-0.05, 0) is 38.0 Å². The van der Waals surface area contributed by atoms with E-state index in [-0.39, 0.29) is 0 Å². The van der Waals surface area contributed by atoms with Crippen molar-refractivity contribution < 1.29 is 14.3 Å². The summed E-state index contributed by atoms with van der Waals surface area (Å²) in [5.41, 5.74) is 0. The Morgan fingerprint density at radius 2 is 1.79 bits per heavy atom. The van der Waals surface area contributed by atoms with E-state index < -0.39 is 0 Å². The number of amides is 1. The van der Waals surface area contributed by atoms with E-state index in [1.165, 1.54) is 0 Å². The summed E-state index contributed by atoms with van der Waals surface area (Å²) in [5, 5.41) is 3.46. The van der Waals surface area contributed by atoms with Crippen molar-refractivity contribution in [3.8, 4) is 0 Å². The first-order chi connectivity index (χ1) is 14.3. The molecule has 3 heterocycles. The topological polar surface area (TPSA) is 69.6 Å². The Bertz CT molecular complexity index is 510. The number of hydrogen-bond donors (Lipinski definition) is 1. The fourth-order valence-electron chi connectivity index (χ4n) is 4.25. The third-order valence-electron chi connectivity index (χ3n) is 6.14. The number of carbonyl (C=O) groups excluding carboxylic acids is 1. The summed E-state index contributed by atoms with van der Waals surface area (Å²) in [6.07, 6.45) is 5.54. The largest absolute Gasteiger partial charge is 0.381 e. The fraction of sp³-hybridized carbons (Fsp3) is 0.905. The summed E-state index contributed by atoms with van der Waals surface area (Å²) >= 11 is 0. The van der Waals surface area contributed by atoms with Crippen molar-refractivity contribution >= 4 is 11.9 Å². The van der Waals surface area contributed by atoms with Crippen molar-refractivity contribution in [1.29, 1.82) is 0 Å². The zero-order valence-electron chi connectivity index (χ0n) is 18.1. The van der Waals surface area contributed by atoms with Crippen molar-refractivity contribution in [2.75, 3.05) is 85.8 Å². The molecule has 8 nitrogen and oxygen atoms in total. The maximum atomic E-state index is 12.3. The van der Waals surface area contributed by atoms with E-state index in [1.807, 2.05) is 11.9 Å². The summed E-state index contributed by atoms with van der Waals surface area (Å²) < 4.78 is 11.2. The molecule has 1 N–H and O–H groups in total. The predicted molar refractivity (Wildman–Crippen MR) is 114 cm³/mol. The van der Waals surface area contributed by atoms with Gasteiger partial charge < -0.3 is 24.6 Å². The molecule has 0 aliphatic carbocycles. The van der Waals surface area contributed by atoms with Gasteiger partial charge in [-0.3, -0.25) is 14.7 Å². The highest BCUT2D eigenvalue weighted by atomic mass is 16.5. The van der Waals surface area contributed by atoms with Crippen molar-refractivity contribution in [2.24, 2.45) is 10.9 Å². The van der Waals surface area contributed by atoms with E-state index in [0.29, 0.717) is 18.4 Å². The molecule has 0 aromatic heterocycles. The van der Waals surface area contributed by atoms with E-state index >= 15 is 0 Å². The maximum absolute atomic E-state index is 12.3. The molecule has 166 valence electrons. The van der Waals surface area contributed by atoms with Gasteiger partial charge in [-0.1, -0.05) is 0 Å². The molecule has 3 aliphatic heterocycles. The average molecular weight is 410 g/mol. The number of hydrogen-bond acceptors (Lipinski definition) is 5. The van der Waals surface area contributed by atoms with E-state index in [4.69, 9.17) is 9.47 Å². The van der Waals surface area contributed by atoms with Gasteiger partial charge in [0.05, 0.1) is 6.54 Å². The van der Waals surface area contributed by atoms with Gasteiger partial charge in [0, 0.05) is 79.3 Å². The minimum Gasteiger partial charge on any atom is -0.381 e. The van der Waals surface area contributed by atoms with Crippen molar-refractivity contribution in [3.05, 3.63) is 0 Å². The zero-order valence-corrected chi connectivity index (χ0v) is 18.1. The highest BCUT2D eigenvalue weighted by Gasteiger charge is 2.24. The smallest absolute Gasteiger partial charge is 0.236 e. The van der Waals surface area contributed by atoms with Gasteiger partial charge in [0.1, 0.15) is 0 Å². The third kappa shape index (κ3) is 7.42. The average Bonchev–Trinajstić information content (AvgIpc) is 3.30. The van der Waals surface area contributed by atoms with Crippen LogP contribution in [0.4, 0.5) is 0 Å². The van der Waals surface area contributed by atoms with Crippen LogP contribution >= 0.6 is 0 Å². The molecule has 0 aromatic carbocycles. The fourth-order valence-corrected chi connectivity index (χ4v) is 4.25. The van der Waals surface area contributed by atoms with Crippen LogP contribution < -0.4 is 5.32 Å². The number of ether oxygens (including phenoxy) is 2. The second-order valence-electron chi connectivity index (χ2n) is 8.31. The van der Waals surface area contributed by atoms with Crippen molar-refractivity contribution in [3.63, 3.8) is 0 Å². The van der Waals surface area contributed by atoms with E-state index in [1.54, 1.807) is 0 Å². The Morgan fingerprint density at radius 1 is 1.07 bits per heavy atom.